The highest BCUT2D eigenvalue weighted by Crippen LogP contribution is 2.26. The average Bonchev–Trinajstić information content (AvgIpc) is 3.39. The van der Waals surface area contributed by atoms with E-state index in [0.717, 1.165) is 17.5 Å². The number of carbonyl (C=O) groups excluding carboxylic acids is 3. The Kier molecular flexibility index (Phi) is 8.26. The Labute approximate surface area is 196 Å². The van der Waals surface area contributed by atoms with E-state index in [2.05, 4.69) is 26.3 Å². The summed E-state index contributed by atoms with van der Waals surface area (Å²) < 4.78 is 19.7. The molecule has 2 aromatic rings. The van der Waals surface area contributed by atoms with E-state index in [1.54, 1.807) is 6.07 Å². The lowest BCUT2D eigenvalue weighted by Crippen LogP contribution is -2.33. The molecular formula is C19H22FN7O6S. The first kappa shape index (κ1) is 24.8. The second-order valence-electron chi connectivity index (χ2n) is 7.13. The Morgan fingerprint density at radius 2 is 2.18 bits per heavy atom. The number of aromatic nitrogens is 1. The highest BCUT2D eigenvalue weighted by Gasteiger charge is 2.32. The number of nitrogens with zero attached hydrogens (tertiary/aromatic N) is 3. The van der Waals surface area contributed by atoms with Gasteiger partial charge in [-0.1, -0.05) is 0 Å². The van der Waals surface area contributed by atoms with Gasteiger partial charge in [0.1, 0.15) is 18.1 Å². The minimum atomic E-state index is -0.620. The summed E-state index contributed by atoms with van der Waals surface area (Å²) in [5, 5.41) is 21.3. The Hall–Kier alpha value is -3.85. The smallest absolute Gasteiger partial charge is 0.414 e. The number of carbonyl (C=O) groups is 3. The molecule has 13 nitrogen and oxygen atoms in total. The van der Waals surface area contributed by atoms with Crippen LogP contribution in [0.2, 0.25) is 0 Å². The summed E-state index contributed by atoms with van der Waals surface area (Å²) in [6.45, 7) is 2.29. The standard InChI is InChI=1S/C19H22FN7O6S/c1-11(28)23-7-13-10-26(19(30)33-13)12-2-3-15(14(20)6-12)22-5-4-21-8-16(29)25-18-24-9-17(34-18)27(31)32/h2-3,6,9,13,21-22H,4-5,7-8,10H2,1H3,(H,23,28)(H,24,25,29)/t13-/m0/s1. The SMILES string of the molecule is CC(=O)NC[C@H]1CN(c2ccc(NCCNCC(=O)Nc3ncc([N+](=O)[O-])s3)c(F)c2)C(=O)O1. The van der Waals surface area contributed by atoms with Crippen LogP contribution in [-0.2, 0) is 14.3 Å². The van der Waals surface area contributed by atoms with Gasteiger partial charge < -0.3 is 26.0 Å². The summed E-state index contributed by atoms with van der Waals surface area (Å²) in [4.78, 5) is 50.0. The van der Waals surface area contributed by atoms with Gasteiger partial charge in [0, 0.05) is 20.0 Å². The van der Waals surface area contributed by atoms with Crippen LogP contribution in [0, 0.1) is 15.9 Å². The predicted molar refractivity (Wildman–Crippen MR) is 121 cm³/mol. The molecule has 0 aliphatic carbocycles. The van der Waals surface area contributed by atoms with Crippen molar-refractivity contribution in [1.29, 1.82) is 0 Å². The number of anilines is 3. The minimum absolute atomic E-state index is 0.0623. The van der Waals surface area contributed by atoms with Gasteiger partial charge in [-0.15, -0.1) is 0 Å². The zero-order valence-electron chi connectivity index (χ0n) is 18.0. The largest absolute Gasteiger partial charge is 0.442 e. The number of hydrogen-bond donors (Lipinski definition) is 4. The molecule has 0 radical (unpaired) electrons. The Balaban J connectivity index is 1.40. The fourth-order valence-electron chi connectivity index (χ4n) is 2.97. The number of ether oxygens (including phenoxy) is 1. The van der Waals surface area contributed by atoms with Crippen molar-refractivity contribution in [3.63, 3.8) is 0 Å². The van der Waals surface area contributed by atoms with Crippen LogP contribution < -0.4 is 26.2 Å². The molecule has 0 saturated carbocycles. The second kappa shape index (κ2) is 11.3. The van der Waals surface area contributed by atoms with Gasteiger partial charge in [-0.25, -0.2) is 14.2 Å². The number of hydrogen-bond acceptors (Lipinski definition) is 10. The van der Waals surface area contributed by atoms with E-state index < -0.39 is 28.8 Å². The van der Waals surface area contributed by atoms with Crippen molar-refractivity contribution in [2.75, 3.05) is 48.3 Å². The molecule has 1 fully saturated rings. The van der Waals surface area contributed by atoms with Crippen molar-refractivity contribution in [3.05, 3.63) is 40.3 Å². The first-order chi connectivity index (χ1) is 16.2. The van der Waals surface area contributed by atoms with Crippen LogP contribution in [0.5, 0.6) is 0 Å². The predicted octanol–water partition coefficient (Wildman–Crippen LogP) is 1.29. The third kappa shape index (κ3) is 6.82. The van der Waals surface area contributed by atoms with Crippen LogP contribution in [0.15, 0.2) is 24.4 Å². The molecule has 3 rings (SSSR count). The Morgan fingerprint density at radius 3 is 2.85 bits per heavy atom. The minimum Gasteiger partial charge on any atom is -0.442 e. The monoisotopic (exact) mass is 495 g/mol. The third-order valence-electron chi connectivity index (χ3n) is 4.54. The molecule has 1 aromatic carbocycles. The maximum Gasteiger partial charge on any atom is 0.414 e. The molecule has 1 aliphatic heterocycles. The maximum absolute atomic E-state index is 14.5. The maximum atomic E-state index is 14.5. The van der Waals surface area contributed by atoms with Gasteiger partial charge in [0.25, 0.3) is 0 Å². The molecule has 0 unspecified atom stereocenters. The van der Waals surface area contributed by atoms with Gasteiger partial charge in [-0.3, -0.25) is 24.6 Å². The molecule has 182 valence electrons. The van der Waals surface area contributed by atoms with Gasteiger partial charge >= 0.3 is 11.1 Å². The fourth-order valence-corrected chi connectivity index (χ4v) is 3.62. The quantitative estimate of drug-likeness (QED) is 0.204. The number of rotatable bonds is 11. The number of thiazole rings is 1. The summed E-state index contributed by atoms with van der Waals surface area (Å²) >= 11 is 0.753. The van der Waals surface area contributed by atoms with Crippen LogP contribution in [-0.4, -0.2) is 66.6 Å². The van der Waals surface area contributed by atoms with Gasteiger partial charge in [0.15, 0.2) is 5.13 Å². The number of nitro groups is 1. The molecule has 0 spiro atoms. The molecule has 2 heterocycles. The Morgan fingerprint density at radius 1 is 1.38 bits per heavy atom. The molecule has 15 heteroatoms. The number of halogens is 1. The first-order valence-corrected chi connectivity index (χ1v) is 10.9. The van der Waals surface area contributed by atoms with Crippen molar-refractivity contribution in [1.82, 2.24) is 15.6 Å². The number of cyclic esters (lactones) is 1. The number of nitrogens with one attached hydrogen (secondary N) is 4. The zero-order valence-corrected chi connectivity index (χ0v) is 18.8. The number of benzene rings is 1. The highest BCUT2D eigenvalue weighted by molar-refractivity contribution is 7.18. The molecule has 34 heavy (non-hydrogen) atoms. The highest BCUT2D eigenvalue weighted by atomic mass is 32.1. The molecule has 3 amide bonds. The molecular weight excluding hydrogens is 473 g/mol. The summed E-state index contributed by atoms with van der Waals surface area (Å²) in [6.07, 6.45) is -0.0783. The average molecular weight is 495 g/mol. The molecule has 1 atom stereocenters. The summed E-state index contributed by atoms with van der Waals surface area (Å²) in [5.41, 5.74) is 0.544. The van der Waals surface area contributed by atoms with E-state index >= 15 is 0 Å². The van der Waals surface area contributed by atoms with E-state index in [9.17, 15) is 28.9 Å². The summed E-state index contributed by atoms with van der Waals surface area (Å²) in [5.74, 6) is -1.23. The molecule has 0 bridgehead atoms. The molecule has 1 aliphatic rings. The van der Waals surface area contributed by atoms with Crippen LogP contribution in [0.4, 0.5) is 30.7 Å². The molecule has 1 aromatic heterocycles. The second-order valence-corrected chi connectivity index (χ2v) is 8.14. The lowest BCUT2D eigenvalue weighted by Gasteiger charge is -2.15. The van der Waals surface area contributed by atoms with Gasteiger partial charge in [-0.2, -0.15) is 0 Å². The molecule has 1 saturated heterocycles. The zero-order chi connectivity index (χ0) is 24.7. The van der Waals surface area contributed by atoms with E-state index in [1.165, 1.54) is 24.0 Å². The lowest BCUT2D eigenvalue weighted by molar-refractivity contribution is -0.380. The van der Waals surface area contributed by atoms with Gasteiger partial charge in [0.05, 0.1) is 35.9 Å². The van der Waals surface area contributed by atoms with E-state index in [-0.39, 0.29) is 41.4 Å². The fraction of sp³-hybridized carbons (Fsp3) is 0.368. The van der Waals surface area contributed by atoms with Gasteiger partial charge in [0.2, 0.25) is 11.8 Å². The summed E-state index contributed by atoms with van der Waals surface area (Å²) in [6, 6.07) is 4.27. The topological polar surface area (TPSA) is 168 Å². The normalized spacial score (nSPS) is 15.1. The van der Waals surface area contributed by atoms with E-state index in [0.29, 0.717) is 18.8 Å². The summed E-state index contributed by atoms with van der Waals surface area (Å²) in [7, 11) is 0. The van der Waals surface area contributed by atoms with E-state index in [4.69, 9.17) is 4.74 Å². The lowest BCUT2D eigenvalue weighted by atomic mass is 10.2. The number of amides is 3. The van der Waals surface area contributed by atoms with Crippen LogP contribution in [0.25, 0.3) is 0 Å². The van der Waals surface area contributed by atoms with Crippen LogP contribution in [0.3, 0.4) is 0 Å². The molecule has 4 N–H and O–H groups in total. The van der Waals surface area contributed by atoms with E-state index in [1.807, 2.05) is 0 Å². The van der Waals surface area contributed by atoms with Crippen LogP contribution in [0.1, 0.15) is 6.92 Å². The third-order valence-corrected chi connectivity index (χ3v) is 5.40. The Bertz CT molecular complexity index is 1080. The van der Waals surface area contributed by atoms with Crippen molar-refractivity contribution in [2.24, 2.45) is 0 Å². The van der Waals surface area contributed by atoms with Gasteiger partial charge in [-0.05, 0) is 29.5 Å². The van der Waals surface area contributed by atoms with Crippen molar-refractivity contribution in [3.8, 4) is 0 Å². The van der Waals surface area contributed by atoms with Crippen LogP contribution >= 0.6 is 11.3 Å². The first-order valence-electron chi connectivity index (χ1n) is 10.1. The van der Waals surface area contributed by atoms with Crippen molar-refractivity contribution >= 4 is 50.8 Å². The van der Waals surface area contributed by atoms with Crippen molar-refractivity contribution < 1.29 is 28.4 Å². The van der Waals surface area contributed by atoms with Crippen molar-refractivity contribution in [2.45, 2.75) is 13.0 Å².